The predicted molar refractivity (Wildman–Crippen MR) is 82.3 cm³/mol. The first-order valence-electron chi connectivity index (χ1n) is 8.02. The van der Waals surface area contributed by atoms with Crippen LogP contribution in [0.1, 0.15) is 32.1 Å². The predicted octanol–water partition coefficient (Wildman–Crippen LogP) is 1.75. The van der Waals surface area contributed by atoms with E-state index in [0.717, 1.165) is 51.5 Å². The molecule has 0 atom stereocenters. The summed E-state index contributed by atoms with van der Waals surface area (Å²) in [5, 5.41) is 0. The van der Waals surface area contributed by atoms with Gasteiger partial charge in [0, 0.05) is 50.5 Å². The molecule has 1 aliphatic heterocycles. The van der Waals surface area contributed by atoms with Crippen LogP contribution in [0.3, 0.4) is 0 Å². The van der Waals surface area contributed by atoms with Crippen LogP contribution in [0.25, 0.3) is 0 Å². The molecule has 1 aromatic heterocycles. The lowest BCUT2D eigenvalue weighted by Crippen LogP contribution is -2.51. The first-order valence-corrected chi connectivity index (χ1v) is 8.02. The molecule has 21 heavy (non-hydrogen) atoms. The average Bonchev–Trinajstić information content (AvgIpc) is 2.57. The van der Waals surface area contributed by atoms with E-state index in [4.69, 9.17) is 0 Å². The number of nitrogens with zero attached hydrogens (tertiary/aromatic N) is 4. The fraction of sp³-hybridized carbons (Fsp3) is 0.688. The molecule has 0 radical (unpaired) electrons. The summed E-state index contributed by atoms with van der Waals surface area (Å²) in [5.41, 5.74) is -0.0797. The van der Waals surface area contributed by atoms with Crippen molar-refractivity contribution in [2.24, 2.45) is 5.41 Å². The number of hydrogen-bond acceptors (Lipinski definition) is 5. The van der Waals surface area contributed by atoms with E-state index in [-0.39, 0.29) is 5.41 Å². The van der Waals surface area contributed by atoms with Crippen molar-refractivity contribution in [2.75, 3.05) is 37.6 Å². The molecule has 3 rings (SSSR count). The zero-order valence-electron chi connectivity index (χ0n) is 12.6. The molecule has 2 aliphatic rings. The Morgan fingerprint density at radius 3 is 2.33 bits per heavy atom. The van der Waals surface area contributed by atoms with Crippen molar-refractivity contribution >= 4 is 12.2 Å². The van der Waals surface area contributed by atoms with Crippen molar-refractivity contribution in [3.63, 3.8) is 0 Å². The SMILES string of the molecule is O=CC1(CN2CCN(c3ncccn3)CC2)CCCCC1. The third-order valence-electron chi connectivity index (χ3n) is 4.85. The number of hydrogen-bond donors (Lipinski definition) is 0. The summed E-state index contributed by atoms with van der Waals surface area (Å²) in [6.07, 6.45) is 10.6. The minimum atomic E-state index is -0.0797. The summed E-state index contributed by atoms with van der Waals surface area (Å²) < 4.78 is 0. The highest BCUT2D eigenvalue weighted by Gasteiger charge is 2.34. The second kappa shape index (κ2) is 6.52. The van der Waals surface area contributed by atoms with Crippen LogP contribution in [-0.4, -0.2) is 53.9 Å². The molecular weight excluding hydrogens is 264 g/mol. The zero-order valence-corrected chi connectivity index (χ0v) is 12.6. The molecule has 2 fully saturated rings. The molecule has 0 unspecified atom stereocenters. The topological polar surface area (TPSA) is 49.3 Å². The number of rotatable bonds is 4. The molecule has 0 amide bonds. The van der Waals surface area contributed by atoms with Gasteiger partial charge in [0.1, 0.15) is 6.29 Å². The lowest BCUT2D eigenvalue weighted by molar-refractivity contribution is -0.119. The van der Waals surface area contributed by atoms with Gasteiger partial charge in [0.2, 0.25) is 5.95 Å². The number of aldehydes is 1. The molecule has 0 N–H and O–H groups in total. The van der Waals surface area contributed by atoms with Crippen LogP contribution in [0.4, 0.5) is 5.95 Å². The maximum atomic E-state index is 11.6. The molecule has 1 aromatic rings. The molecule has 114 valence electrons. The Morgan fingerprint density at radius 1 is 1.05 bits per heavy atom. The lowest BCUT2D eigenvalue weighted by Gasteiger charge is -2.41. The maximum absolute atomic E-state index is 11.6. The molecule has 2 heterocycles. The van der Waals surface area contributed by atoms with Gasteiger partial charge in [-0.25, -0.2) is 9.97 Å². The average molecular weight is 288 g/mol. The fourth-order valence-corrected chi connectivity index (χ4v) is 3.57. The number of piperazine rings is 1. The molecule has 5 nitrogen and oxygen atoms in total. The van der Waals surface area contributed by atoms with Gasteiger partial charge >= 0.3 is 0 Å². The number of anilines is 1. The highest BCUT2D eigenvalue weighted by molar-refractivity contribution is 5.60. The van der Waals surface area contributed by atoms with E-state index in [1.165, 1.54) is 25.5 Å². The van der Waals surface area contributed by atoms with Crippen LogP contribution in [0.2, 0.25) is 0 Å². The number of carbonyl (C=O) groups is 1. The number of aromatic nitrogens is 2. The van der Waals surface area contributed by atoms with Gasteiger partial charge in [-0.1, -0.05) is 19.3 Å². The Balaban J connectivity index is 1.55. The van der Waals surface area contributed by atoms with Gasteiger partial charge in [0.15, 0.2) is 0 Å². The molecular formula is C16H24N4O. The van der Waals surface area contributed by atoms with Crippen LogP contribution in [0.5, 0.6) is 0 Å². The first-order chi connectivity index (χ1) is 10.3. The highest BCUT2D eigenvalue weighted by Crippen LogP contribution is 2.35. The Labute approximate surface area is 126 Å². The van der Waals surface area contributed by atoms with Crippen LogP contribution >= 0.6 is 0 Å². The first kappa shape index (κ1) is 14.4. The van der Waals surface area contributed by atoms with Crippen molar-refractivity contribution in [2.45, 2.75) is 32.1 Å². The van der Waals surface area contributed by atoms with E-state index in [9.17, 15) is 4.79 Å². The quantitative estimate of drug-likeness (QED) is 0.790. The van der Waals surface area contributed by atoms with Crippen LogP contribution in [0.15, 0.2) is 18.5 Å². The second-order valence-corrected chi connectivity index (χ2v) is 6.35. The molecule has 0 bridgehead atoms. The van der Waals surface area contributed by atoms with Gasteiger partial charge in [-0.05, 0) is 18.9 Å². The molecule has 1 aliphatic carbocycles. The fourth-order valence-electron chi connectivity index (χ4n) is 3.57. The van der Waals surface area contributed by atoms with Crippen LogP contribution in [0, 0.1) is 5.41 Å². The van der Waals surface area contributed by atoms with E-state index >= 15 is 0 Å². The zero-order chi connectivity index (χ0) is 14.5. The van der Waals surface area contributed by atoms with Crippen molar-refractivity contribution in [1.29, 1.82) is 0 Å². The summed E-state index contributed by atoms with van der Waals surface area (Å²) >= 11 is 0. The van der Waals surface area contributed by atoms with Crippen LogP contribution < -0.4 is 4.90 Å². The normalized spacial score (nSPS) is 23.0. The van der Waals surface area contributed by atoms with E-state index in [1.807, 2.05) is 6.07 Å². The molecule has 0 spiro atoms. The van der Waals surface area contributed by atoms with E-state index in [2.05, 4.69) is 19.8 Å². The largest absolute Gasteiger partial charge is 0.338 e. The monoisotopic (exact) mass is 288 g/mol. The summed E-state index contributed by atoms with van der Waals surface area (Å²) in [7, 11) is 0. The molecule has 1 saturated carbocycles. The highest BCUT2D eigenvalue weighted by atomic mass is 16.1. The minimum Gasteiger partial charge on any atom is -0.338 e. The van der Waals surface area contributed by atoms with E-state index in [0.29, 0.717) is 0 Å². The Bertz CT molecular complexity index is 451. The van der Waals surface area contributed by atoms with Crippen molar-refractivity contribution in [3.05, 3.63) is 18.5 Å². The molecule has 5 heteroatoms. The summed E-state index contributed by atoms with van der Waals surface area (Å²) in [6.45, 7) is 4.81. The van der Waals surface area contributed by atoms with Gasteiger partial charge in [-0.2, -0.15) is 0 Å². The second-order valence-electron chi connectivity index (χ2n) is 6.35. The number of carbonyl (C=O) groups excluding carboxylic acids is 1. The molecule has 1 saturated heterocycles. The van der Waals surface area contributed by atoms with Gasteiger partial charge < -0.3 is 9.69 Å². The summed E-state index contributed by atoms with van der Waals surface area (Å²) in [4.78, 5) is 24.9. The smallest absolute Gasteiger partial charge is 0.225 e. The van der Waals surface area contributed by atoms with Gasteiger partial charge in [0.05, 0.1) is 0 Å². The Morgan fingerprint density at radius 2 is 1.71 bits per heavy atom. The minimum absolute atomic E-state index is 0.0797. The lowest BCUT2D eigenvalue weighted by atomic mass is 9.75. The molecule has 0 aromatic carbocycles. The maximum Gasteiger partial charge on any atom is 0.225 e. The third-order valence-corrected chi connectivity index (χ3v) is 4.85. The van der Waals surface area contributed by atoms with Gasteiger partial charge in [-0.3, -0.25) is 4.90 Å². The van der Waals surface area contributed by atoms with E-state index in [1.54, 1.807) is 12.4 Å². The van der Waals surface area contributed by atoms with Crippen molar-refractivity contribution in [3.8, 4) is 0 Å². The summed E-state index contributed by atoms with van der Waals surface area (Å²) in [5.74, 6) is 0.819. The standard InChI is InChI=1S/C16H24N4O/c21-14-16(5-2-1-3-6-16)13-19-9-11-20(12-10-19)15-17-7-4-8-18-15/h4,7-8,14H,1-3,5-6,9-13H2. The summed E-state index contributed by atoms with van der Waals surface area (Å²) in [6, 6.07) is 1.84. The van der Waals surface area contributed by atoms with Gasteiger partial charge in [-0.15, -0.1) is 0 Å². The Kier molecular flexibility index (Phi) is 4.48. The van der Waals surface area contributed by atoms with Gasteiger partial charge in [0.25, 0.3) is 0 Å². The van der Waals surface area contributed by atoms with E-state index < -0.39 is 0 Å². The van der Waals surface area contributed by atoms with Crippen molar-refractivity contribution in [1.82, 2.24) is 14.9 Å². The van der Waals surface area contributed by atoms with Crippen molar-refractivity contribution < 1.29 is 4.79 Å². The Hall–Kier alpha value is -1.49. The van der Waals surface area contributed by atoms with Crippen LogP contribution in [-0.2, 0) is 4.79 Å². The third kappa shape index (κ3) is 3.40.